The van der Waals surface area contributed by atoms with Crippen molar-refractivity contribution < 1.29 is 9.90 Å². The number of rotatable bonds is 2. The lowest BCUT2D eigenvalue weighted by atomic mass is 10.1. The Hall–Kier alpha value is -0.830. The molecule has 0 aliphatic carbocycles. The topological polar surface area (TPSA) is 40.5 Å². The Balaban J connectivity index is 2.41. The predicted molar refractivity (Wildman–Crippen MR) is 46.6 cm³/mol. The molecule has 0 aromatic rings. The standard InChI is InChI=1S/C9H15NO2/c1-2-3-9(12)10-5-4-8(6-10)7-11/h2-3,8,11H,4-7H2,1H3/b3-2+/t8-/m1/s1. The quantitative estimate of drug-likeness (QED) is 0.608. The van der Waals surface area contributed by atoms with Crippen LogP contribution in [-0.2, 0) is 4.79 Å². The maximum Gasteiger partial charge on any atom is 0.246 e. The molecule has 0 bridgehead atoms. The molecule has 68 valence electrons. The van der Waals surface area contributed by atoms with Crippen LogP contribution in [0.2, 0.25) is 0 Å². The van der Waals surface area contributed by atoms with Crippen LogP contribution in [0.3, 0.4) is 0 Å². The highest BCUT2D eigenvalue weighted by Gasteiger charge is 2.23. The van der Waals surface area contributed by atoms with E-state index in [0.29, 0.717) is 12.5 Å². The molecule has 1 atom stereocenters. The van der Waals surface area contributed by atoms with Gasteiger partial charge in [-0.3, -0.25) is 4.79 Å². The maximum absolute atomic E-state index is 11.3. The molecule has 0 saturated carbocycles. The molecule has 1 aliphatic heterocycles. The Morgan fingerprint density at radius 3 is 3.00 bits per heavy atom. The first kappa shape index (κ1) is 9.26. The van der Waals surface area contributed by atoms with Gasteiger partial charge >= 0.3 is 0 Å². The maximum atomic E-state index is 11.3. The number of aliphatic hydroxyl groups is 1. The molecule has 1 amide bonds. The number of likely N-dealkylation sites (tertiary alicyclic amines) is 1. The number of hydrogen-bond donors (Lipinski definition) is 1. The molecule has 3 nitrogen and oxygen atoms in total. The minimum atomic E-state index is 0.0634. The average Bonchev–Trinajstić information content (AvgIpc) is 2.52. The van der Waals surface area contributed by atoms with Gasteiger partial charge in [-0.2, -0.15) is 0 Å². The second-order valence-electron chi connectivity index (χ2n) is 3.12. The summed E-state index contributed by atoms with van der Waals surface area (Å²) in [6, 6.07) is 0. The smallest absolute Gasteiger partial charge is 0.246 e. The number of amides is 1. The highest BCUT2D eigenvalue weighted by molar-refractivity contribution is 5.87. The van der Waals surface area contributed by atoms with Crippen molar-refractivity contribution in [1.29, 1.82) is 0 Å². The molecule has 1 rings (SSSR count). The van der Waals surface area contributed by atoms with E-state index in [1.54, 1.807) is 17.1 Å². The fraction of sp³-hybridized carbons (Fsp3) is 0.667. The Kier molecular flexibility index (Phi) is 3.29. The van der Waals surface area contributed by atoms with Gasteiger partial charge in [0.2, 0.25) is 5.91 Å². The summed E-state index contributed by atoms with van der Waals surface area (Å²) in [5.41, 5.74) is 0. The second kappa shape index (κ2) is 4.26. The predicted octanol–water partition coefficient (Wildman–Crippen LogP) is 0.403. The number of allylic oxidation sites excluding steroid dienone is 1. The van der Waals surface area contributed by atoms with E-state index in [1.807, 2.05) is 6.92 Å². The van der Waals surface area contributed by atoms with Gasteiger partial charge in [-0.05, 0) is 19.4 Å². The van der Waals surface area contributed by atoms with Gasteiger partial charge < -0.3 is 10.0 Å². The van der Waals surface area contributed by atoms with Crippen LogP contribution in [-0.4, -0.2) is 35.6 Å². The summed E-state index contributed by atoms with van der Waals surface area (Å²) < 4.78 is 0. The SMILES string of the molecule is C/C=C/C(=O)N1CC[C@@H](CO)C1. The van der Waals surface area contributed by atoms with Gasteiger partial charge in [0.15, 0.2) is 0 Å². The van der Waals surface area contributed by atoms with Gasteiger partial charge in [0, 0.05) is 25.6 Å². The van der Waals surface area contributed by atoms with Crippen molar-refractivity contribution in [3.63, 3.8) is 0 Å². The van der Waals surface area contributed by atoms with E-state index in [0.717, 1.165) is 13.0 Å². The van der Waals surface area contributed by atoms with E-state index in [9.17, 15) is 4.79 Å². The normalized spacial score (nSPS) is 23.8. The van der Waals surface area contributed by atoms with Crippen LogP contribution in [0.4, 0.5) is 0 Å². The van der Waals surface area contributed by atoms with E-state index in [4.69, 9.17) is 5.11 Å². The number of carbonyl (C=O) groups excluding carboxylic acids is 1. The lowest BCUT2D eigenvalue weighted by Gasteiger charge is -2.12. The van der Waals surface area contributed by atoms with Crippen molar-refractivity contribution in [2.45, 2.75) is 13.3 Å². The highest BCUT2D eigenvalue weighted by atomic mass is 16.3. The molecule has 1 fully saturated rings. The molecule has 0 radical (unpaired) electrons. The summed E-state index contributed by atoms with van der Waals surface area (Å²) in [6.07, 6.45) is 4.24. The minimum absolute atomic E-state index is 0.0634. The van der Waals surface area contributed by atoms with E-state index in [2.05, 4.69) is 0 Å². The van der Waals surface area contributed by atoms with Crippen molar-refractivity contribution in [2.75, 3.05) is 19.7 Å². The van der Waals surface area contributed by atoms with Gasteiger partial charge in [0.1, 0.15) is 0 Å². The van der Waals surface area contributed by atoms with E-state index >= 15 is 0 Å². The van der Waals surface area contributed by atoms with Gasteiger partial charge in [-0.1, -0.05) is 6.08 Å². The van der Waals surface area contributed by atoms with Gasteiger partial charge in [0.25, 0.3) is 0 Å². The molecule has 0 unspecified atom stereocenters. The van der Waals surface area contributed by atoms with E-state index in [-0.39, 0.29) is 12.5 Å². The number of hydrogen-bond acceptors (Lipinski definition) is 2. The van der Waals surface area contributed by atoms with Crippen molar-refractivity contribution in [3.05, 3.63) is 12.2 Å². The Bertz CT molecular complexity index is 189. The van der Waals surface area contributed by atoms with E-state index in [1.165, 1.54) is 0 Å². The Labute approximate surface area is 72.7 Å². The molecule has 12 heavy (non-hydrogen) atoms. The largest absolute Gasteiger partial charge is 0.396 e. The lowest BCUT2D eigenvalue weighted by Crippen LogP contribution is -2.27. The van der Waals surface area contributed by atoms with Crippen LogP contribution < -0.4 is 0 Å². The molecule has 3 heteroatoms. The molecule has 1 N–H and O–H groups in total. The lowest BCUT2D eigenvalue weighted by molar-refractivity contribution is -0.125. The summed E-state index contributed by atoms with van der Waals surface area (Å²) in [4.78, 5) is 13.0. The molecule has 1 aliphatic rings. The Morgan fingerprint density at radius 2 is 2.50 bits per heavy atom. The third-order valence-electron chi connectivity index (χ3n) is 2.16. The van der Waals surface area contributed by atoms with Crippen molar-refractivity contribution >= 4 is 5.91 Å². The second-order valence-corrected chi connectivity index (χ2v) is 3.12. The van der Waals surface area contributed by atoms with E-state index < -0.39 is 0 Å². The minimum Gasteiger partial charge on any atom is -0.396 e. The molecule has 0 aromatic heterocycles. The highest BCUT2D eigenvalue weighted by Crippen LogP contribution is 2.15. The molecule has 1 saturated heterocycles. The fourth-order valence-electron chi connectivity index (χ4n) is 1.43. The summed E-state index contributed by atoms with van der Waals surface area (Å²) >= 11 is 0. The van der Waals surface area contributed by atoms with Crippen LogP contribution in [0, 0.1) is 5.92 Å². The van der Waals surface area contributed by atoms with Crippen LogP contribution in [0.25, 0.3) is 0 Å². The molecular formula is C9H15NO2. The van der Waals surface area contributed by atoms with Gasteiger partial charge in [0.05, 0.1) is 0 Å². The van der Waals surface area contributed by atoms with Crippen LogP contribution in [0.1, 0.15) is 13.3 Å². The number of nitrogens with zero attached hydrogens (tertiary/aromatic N) is 1. The number of carbonyl (C=O) groups is 1. The fourth-order valence-corrected chi connectivity index (χ4v) is 1.43. The summed E-state index contributed by atoms with van der Waals surface area (Å²) in [6.45, 7) is 3.52. The third-order valence-corrected chi connectivity index (χ3v) is 2.16. The zero-order valence-corrected chi connectivity index (χ0v) is 7.36. The molecule has 0 spiro atoms. The van der Waals surface area contributed by atoms with Crippen LogP contribution >= 0.6 is 0 Å². The van der Waals surface area contributed by atoms with Crippen molar-refractivity contribution in [1.82, 2.24) is 4.90 Å². The summed E-state index contributed by atoms with van der Waals surface area (Å²) in [5.74, 6) is 0.354. The molecular weight excluding hydrogens is 154 g/mol. The van der Waals surface area contributed by atoms with Crippen molar-refractivity contribution in [2.24, 2.45) is 5.92 Å². The monoisotopic (exact) mass is 169 g/mol. The summed E-state index contributed by atoms with van der Waals surface area (Å²) in [7, 11) is 0. The zero-order chi connectivity index (χ0) is 8.97. The first-order chi connectivity index (χ1) is 5.77. The van der Waals surface area contributed by atoms with Crippen molar-refractivity contribution in [3.8, 4) is 0 Å². The first-order valence-corrected chi connectivity index (χ1v) is 4.30. The van der Waals surface area contributed by atoms with Gasteiger partial charge in [-0.15, -0.1) is 0 Å². The average molecular weight is 169 g/mol. The van der Waals surface area contributed by atoms with Crippen LogP contribution in [0.5, 0.6) is 0 Å². The summed E-state index contributed by atoms with van der Waals surface area (Å²) in [5, 5.41) is 8.84. The Morgan fingerprint density at radius 1 is 1.75 bits per heavy atom. The number of aliphatic hydroxyl groups excluding tert-OH is 1. The molecule has 1 heterocycles. The zero-order valence-electron chi connectivity index (χ0n) is 7.36. The molecule has 0 aromatic carbocycles. The first-order valence-electron chi connectivity index (χ1n) is 4.30. The van der Waals surface area contributed by atoms with Crippen LogP contribution in [0.15, 0.2) is 12.2 Å². The third kappa shape index (κ3) is 2.08. The van der Waals surface area contributed by atoms with Gasteiger partial charge in [-0.25, -0.2) is 0 Å².